The number of aryl methyl sites for hydroxylation is 2. The van der Waals surface area contributed by atoms with Crippen LogP contribution in [0.25, 0.3) is 16.7 Å². The van der Waals surface area contributed by atoms with E-state index in [1.165, 1.54) is 0 Å². The summed E-state index contributed by atoms with van der Waals surface area (Å²) in [7, 11) is 1.86. The first-order valence-electron chi connectivity index (χ1n) is 9.98. The SMILES string of the molecule is CCc1oc2ccccc2c1CN(C)C(=O)CCc1cnn(-c2ccccc2)c1. The molecular formula is C24H25N3O2. The van der Waals surface area contributed by atoms with Gasteiger partial charge >= 0.3 is 0 Å². The Kier molecular flexibility index (Phi) is 5.47. The maximum atomic E-state index is 12.7. The summed E-state index contributed by atoms with van der Waals surface area (Å²) in [5.74, 6) is 1.07. The number of para-hydroxylation sites is 2. The molecule has 0 unspecified atom stereocenters. The number of rotatable bonds is 7. The minimum atomic E-state index is 0.116. The van der Waals surface area contributed by atoms with Gasteiger partial charge < -0.3 is 9.32 Å². The highest BCUT2D eigenvalue weighted by atomic mass is 16.3. The van der Waals surface area contributed by atoms with E-state index in [1.54, 1.807) is 4.90 Å². The third-order valence-electron chi connectivity index (χ3n) is 5.21. The molecule has 1 amide bonds. The zero-order valence-electron chi connectivity index (χ0n) is 16.8. The van der Waals surface area contributed by atoms with E-state index in [1.807, 2.05) is 72.7 Å². The molecule has 2 heterocycles. The van der Waals surface area contributed by atoms with Gasteiger partial charge in [-0.1, -0.05) is 43.3 Å². The van der Waals surface area contributed by atoms with Crippen LogP contribution in [0.3, 0.4) is 0 Å². The van der Waals surface area contributed by atoms with Crippen molar-refractivity contribution in [3.63, 3.8) is 0 Å². The second kappa shape index (κ2) is 8.35. The molecule has 0 bridgehead atoms. The summed E-state index contributed by atoms with van der Waals surface area (Å²) in [6.07, 6.45) is 5.75. The lowest BCUT2D eigenvalue weighted by molar-refractivity contribution is -0.130. The van der Waals surface area contributed by atoms with Gasteiger partial charge in [0.2, 0.25) is 5.91 Å². The van der Waals surface area contributed by atoms with Crippen LogP contribution in [0.5, 0.6) is 0 Å². The van der Waals surface area contributed by atoms with Crippen LogP contribution >= 0.6 is 0 Å². The summed E-state index contributed by atoms with van der Waals surface area (Å²) >= 11 is 0. The molecule has 4 rings (SSSR count). The van der Waals surface area contributed by atoms with Gasteiger partial charge in [-0.05, 0) is 30.2 Å². The molecule has 0 aliphatic carbocycles. The molecule has 0 aliphatic rings. The Morgan fingerprint density at radius 2 is 1.86 bits per heavy atom. The van der Waals surface area contributed by atoms with E-state index in [4.69, 9.17) is 4.42 Å². The van der Waals surface area contributed by atoms with E-state index >= 15 is 0 Å². The van der Waals surface area contributed by atoms with Crippen LogP contribution in [0.15, 0.2) is 71.4 Å². The molecule has 0 saturated heterocycles. The molecule has 4 aromatic rings. The lowest BCUT2D eigenvalue weighted by atomic mass is 10.1. The number of hydrogen-bond donors (Lipinski definition) is 0. The van der Waals surface area contributed by atoms with E-state index < -0.39 is 0 Å². The van der Waals surface area contributed by atoms with E-state index in [0.29, 0.717) is 19.4 Å². The maximum absolute atomic E-state index is 12.7. The molecule has 2 aromatic carbocycles. The smallest absolute Gasteiger partial charge is 0.222 e. The van der Waals surface area contributed by atoms with Crippen LogP contribution in [0, 0.1) is 0 Å². The summed E-state index contributed by atoms with van der Waals surface area (Å²) in [5.41, 5.74) is 4.06. The first kappa shape index (κ1) is 19.0. The van der Waals surface area contributed by atoms with Gasteiger partial charge in [-0.3, -0.25) is 4.79 Å². The number of hydrogen-bond acceptors (Lipinski definition) is 3. The van der Waals surface area contributed by atoms with E-state index in [9.17, 15) is 4.79 Å². The minimum absolute atomic E-state index is 0.116. The van der Waals surface area contributed by atoms with Crippen molar-refractivity contribution in [2.45, 2.75) is 32.7 Å². The average Bonchev–Trinajstić information content (AvgIpc) is 3.37. The van der Waals surface area contributed by atoms with Crippen molar-refractivity contribution in [2.75, 3.05) is 7.05 Å². The highest BCUT2D eigenvalue weighted by Crippen LogP contribution is 2.27. The molecule has 0 aliphatic heterocycles. The van der Waals surface area contributed by atoms with E-state index in [0.717, 1.165) is 40.0 Å². The number of amides is 1. The molecule has 0 saturated carbocycles. The van der Waals surface area contributed by atoms with E-state index in [2.05, 4.69) is 18.1 Å². The molecule has 5 nitrogen and oxygen atoms in total. The van der Waals surface area contributed by atoms with Gasteiger partial charge in [0.25, 0.3) is 0 Å². The van der Waals surface area contributed by atoms with Crippen LogP contribution in [0.1, 0.15) is 30.2 Å². The first-order valence-corrected chi connectivity index (χ1v) is 9.98. The number of fused-ring (bicyclic) bond motifs is 1. The quantitative estimate of drug-likeness (QED) is 0.459. The van der Waals surface area contributed by atoms with Crippen LogP contribution in [0.2, 0.25) is 0 Å². The van der Waals surface area contributed by atoms with Crippen molar-refractivity contribution in [1.29, 1.82) is 0 Å². The van der Waals surface area contributed by atoms with Gasteiger partial charge in [0, 0.05) is 43.6 Å². The van der Waals surface area contributed by atoms with Crippen LogP contribution < -0.4 is 0 Å². The average molecular weight is 387 g/mol. The fourth-order valence-electron chi connectivity index (χ4n) is 3.59. The van der Waals surface area contributed by atoms with Gasteiger partial charge in [-0.15, -0.1) is 0 Å². The molecule has 0 atom stereocenters. The molecule has 0 N–H and O–H groups in total. The zero-order chi connectivity index (χ0) is 20.2. The van der Waals surface area contributed by atoms with Gasteiger partial charge in [0.15, 0.2) is 0 Å². The van der Waals surface area contributed by atoms with Crippen molar-refractivity contribution < 1.29 is 9.21 Å². The van der Waals surface area contributed by atoms with Gasteiger partial charge in [-0.25, -0.2) is 4.68 Å². The lowest BCUT2D eigenvalue weighted by Gasteiger charge is -2.17. The number of aromatic nitrogens is 2. The Morgan fingerprint density at radius 3 is 2.66 bits per heavy atom. The summed E-state index contributed by atoms with van der Waals surface area (Å²) in [5, 5.41) is 5.50. The molecule has 0 radical (unpaired) electrons. The zero-order valence-corrected chi connectivity index (χ0v) is 16.8. The van der Waals surface area contributed by atoms with Crippen molar-refractivity contribution in [3.8, 4) is 5.69 Å². The Balaban J connectivity index is 1.40. The largest absolute Gasteiger partial charge is 0.461 e. The van der Waals surface area contributed by atoms with Gasteiger partial charge in [-0.2, -0.15) is 5.10 Å². The summed E-state index contributed by atoms with van der Waals surface area (Å²) in [4.78, 5) is 14.5. The predicted molar refractivity (Wildman–Crippen MR) is 114 cm³/mol. The lowest BCUT2D eigenvalue weighted by Crippen LogP contribution is -2.26. The molecule has 0 fully saturated rings. The summed E-state index contributed by atoms with van der Waals surface area (Å²) < 4.78 is 7.80. The Hall–Kier alpha value is -3.34. The highest BCUT2D eigenvalue weighted by molar-refractivity contribution is 5.83. The Bertz CT molecular complexity index is 1110. The normalized spacial score (nSPS) is 11.1. The molecule has 29 heavy (non-hydrogen) atoms. The van der Waals surface area contributed by atoms with Crippen molar-refractivity contribution in [2.24, 2.45) is 0 Å². The van der Waals surface area contributed by atoms with Gasteiger partial charge in [0.1, 0.15) is 11.3 Å². The summed E-state index contributed by atoms with van der Waals surface area (Å²) in [6, 6.07) is 18.0. The maximum Gasteiger partial charge on any atom is 0.222 e. The summed E-state index contributed by atoms with van der Waals surface area (Å²) in [6.45, 7) is 2.63. The topological polar surface area (TPSA) is 51.3 Å². The van der Waals surface area contributed by atoms with Crippen LogP contribution in [-0.4, -0.2) is 27.6 Å². The third-order valence-corrected chi connectivity index (χ3v) is 5.21. The van der Waals surface area contributed by atoms with E-state index in [-0.39, 0.29) is 5.91 Å². The second-order valence-corrected chi connectivity index (χ2v) is 7.23. The fraction of sp³-hybridized carbons (Fsp3) is 0.250. The number of carbonyl (C=O) groups is 1. The number of benzene rings is 2. The molecule has 5 heteroatoms. The number of carbonyl (C=O) groups excluding carboxylic acids is 1. The highest BCUT2D eigenvalue weighted by Gasteiger charge is 2.17. The predicted octanol–water partition coefficient (Wildman–Crippen LogP) is 4.77. The fourth-order valence-corrected chi connectivity index (χ4v) is 3.59. The van der Waals surface area contributed by atoms with Gasteiger partial charge in [0.05, 0.1) is 11.9 Å². The van der Waals surface area contributed by atoms with Crippen molar-refractivity contribution in [3.05, 3.63) is 83.9 Å². The Morgan fingerprint density at radius 1 is 1.10 bits per heavy atom. The third kappa shape index (κ3) is 4.09. The molecule has 2 aromatic heterocycles. The number of nitrogens with zero attached hydrogens (tertiary/aromatic N) is 3. The molecule has 0 spiro atoms. The molecular weight excluding hydrogens is 362 g/mol. The van der Waals surface area contributed by atoms with Crippen molar-refractivity contribution in [1.82, 2.24) is 14.7 Å². The Labute approximate surface area is 170 Å². The van der Waals surface area contributed by atoms with Crippen LogP contribution in [-0.2, 0) is 24.2 Å². The first-order chi connectivity index (χ1) is 14.2. The second-order valence-electron chi connectivity index (χ2n) is 7.23. The molecule has 148 valence electrons. The number of furan rings is 1. The van der Waals surface area contributed by atoms with Crippen LogP contribution in [0.4, 0.5) is 0 Å². The monoisotopic (exact) mass is 387 g/mol. The minimum Gasteiger partial charge on any atom is -0.461 e. The van der Waals surface area contributed by atoms with Crippen molar-refractivity contribution >= 4 is 16.9 Å². The standard InChI is InChI=1S/C24H25N3O2/c1-3-22-21(20-11-7-8-12-23(20)29-22)17-26(2)24(28)14-13-18-15-25-27(16-18)19-9-5-4-6-10-19/h4-12,15-16H,3,13-14,17H2,1-2H3.